The molecule has 2 nitrogen and oxygen atoms in total. The Morgan fingerprint density at radius 2 is 2.50 bits per heavy atom. The van der Waals surface area contributed by atoms with Crippen LogP contribution in [-0.2, 0) is 9.53 Å². The molecule has 0 spiro atoms. The summed E-state index contributed by atoms with van der Waals surface area (Å²) in [4.78, 5) is 9.66. The molecule has 8 heavy (non-hydrogen) atoms. The smallest absolute Gasteiger partial charge is 0.293 e. The molecule has 0 radical (unpaired) electrons. The van der Waals surface area contributed by atoms with E-state index in [-0.39, 0.29) is 6.10 Å². The summed E-state index contributed by atoms with van der Waals surface area (Å²) in [6.45, 7) is 4.05. The van der Waals surface area contributed by atoms with Crippen molar-refractivity contribution in [3.63, 3.8) is 0 Å². The van der Waals surface area contributed by atoms with Crippen molar-refractivity contribution in [3.8, 4) is 0 Å². The first-order valence-corrected chi connectivity index (χ1v) is 2.60. The molecule has 0 aliphatic heterocycles. The second-order valence-electron chi connectivity index (χ2n) is 1.91. The lowest BCUT2D eigenvalue weighted by Gasteiger charge is -1.88. The molecule has 1 rings (SSSR count). The fraction of sp³-hybridized carbons (Fsp3) is 0.500. The number of carbonyl (C=O) groups is 1. The Balaban J connectivity index is 2.16. The minimum Gasteiger partial charge on any atom is -0.464 e. The van der Waals surface area contributed by atoms with Crippen LogP contribution in [0, 0.1) is 5.92 Å². The first kappa shape index (κ1) is 5.35. The fourth-order valence-electron chi connectivity index (χ4n) is 0.666. The van der Waals surface area contributed by atoms with E-state index in [9.17, 15) is 4.79 Å². The molecule has 2 unspecified atom stereocenters. The van der Waals surface area contributed by atoms with Crippen LogP contribution in [0.4, 0.5) is 0 Å². The average Bonchev–Trinajstić information content (AvgIpc) is 2.48. The van der Waals surface area contributed by atoms with Crippen LogP contribution in [0.15, 0.2) is 12.7 Å². The predicted octanol–water partition coefficient (Wildman–Crippen LogP) is 0.734. The Morgan fingerprint density at radius 3 is 2.88 bits per heavy atom. The highest BCUT2D eigenvalue weighted by Crippen LogP contribution is 2.33. The number of hydrogen-bond acceptors (Lipinski definition) is 2. The van der Waals surface area contributed by atoms with Gasteiger partial charge in [0.05, 0.1) is 0 Å². The van der Waals surface area contributed by atoms with Gasteiger partial charge in [-0.1, -0.05) is 6.08 Å². The molecule has 0 bridgehead atoms. The molecule has 1 aliphatic rings. The molecule has 0 N–H and O–H groups in total. The molecule has 2 heteroatoms. The van der Waals surface area contributed by atoms with E-state index in [0.717, 1.165) is 6.42 Å². The summed E-state index contributed by atoms with van der Waals surface area (Å²) >= 11 is 0. The van der Waals surface area contributed by atoms with Crippen LogP contribution in [0.2, 0.25) is 0 Å². The summed E-state index contributed by atoms with van der Waals surface area (Å²) in [6.07, 6.45) is 2.92. The molecule has 0 aromatic carbocycles. The van der Waals surface area contributed by atoms with E-state index >= 15 is 0 Å². The van der Waals surface area contributed by atoms with Crippen molar-refractivity contribution in [2.24, 2.45) is 5.92 Å². The van der Waals surface area contributed by atoms with E-state index in [1.54, 1.807) is 0 Å². The molecule has 0 aromatic rings. The molecular formula is C6H8O2. The normalized spacial score (nSPS) is 33.5. The Labute approximate surface area is 48.1 Å². The van der Waals surface area contributed by atoms with Crippen LogP contribution in [0.5, 0.6) is 0 Å². The number of carbonyl (C=O) groups excluding carboxylic acids is 1. The quantitative estimate of drug-likeness (QED) is 0.397. The van der Waals surface area contributed by atoms with Crippen LogP contribution in [0.3, 0.4) is 0 Å². The average molecular weight is 112 g/mol. The van der Waals surface area contributed by atoms with E-state index in [1.807, 2.05) is 6.08 Å². The van der Waals surface area contributed by atoms with E-state index in [2.05, 4.69) is 11.3 Å². The Hall–Kier alpha value is -0.790. The Kier molecular flexibility index (Phi) is 1.33. The zero-order chi connectivity index (χ0) is 5.98. The zero-order valence-corrected chi connectivity index (χ0v) is 4.54. The van der Waals surface area contributed by atoms with Crippen LogP contribution < -0.4 is 0 Å². The van der Waals surface area contributed by atoms with E-state index in [0.29, 0.717) is 12.4 Å². The first-order valence-electron chi connectivity index (χ1n) is 2.60. The Morgan fingerprint density at radius 1 is 1.75 bits per heavy atom. The van der Waals surface area contributed by atoms with Crippen molar-refractivity contribution in [1.82, 2.24) is 0 Å². The molecule has 44 valence electrons. The highest BCUT2D eigenvalue weighted by Gasteiger charge is 2.36. The van der Waals surface area contributed by atoms with Crippen molar-refractivity contribution in [1.29, 1.82) is 0 Å². The molecule has 0 aromatic heterocycles. The topological polar surface area (TPSA) is 26.3 Å². The molecule has 0 heterocycles. The molecule has 0 amide bonds. The van der Waals surface area contributed by atoms with Gasteiger partial charge in [0.1, 0.15) is 6.10 Å². The minimum absolute atomic E-state index is 0.144. The van der Waals surface area contributed by atoms with Crippen molar-refractivity contribution in [2.75, 3.05) is 0 Å². The first-order chi connectivity index (χ1) is 3.88. The number of rotatable bonds is 3. The summed E-state index contributed by atoms with van der Waals surface area (Å²) in [5.74, 6) is 0.431. The molecule has 1 saturated carbocycles. The Bertz CT molecular complexity index is 109. The highest BCUT2D eigenvalue weighted by molar-refractivity contribution is 5.38. The van der Waals surface area contributed by atoms with E-state index < -0.39 is 0 Å². The van der Waals surface area contributed by atoms with Crippen molar-refractivity contribution in [2.45, 2.75) is 12.5 Å². The van der Waals surface area contributed by atoms with Gasteiger partial charge in [0.2, 0.25) is 0 Å². The van der Waals surface area contributed by atoms with Gasteiger partial charge in [0, 0.05) is 5.92 Å². The maximum absolute atomic E-state index is 9.66. The third-order valence-corrected chi connectivity index (χ3v) is 1.31. The van der Waals surface area contributed by atoms with Crippen molar-refractivity contribution < 1.29 is 9.53 Å². The van der Waals surface area contributed by atoms with Gasteiger partial charge < -0.3 is 4.74 Å². The van der Waals surface area contributed by atoms with E-state index in [1.165, 1.54) is 0 Å². The van der Waals surface area contributed by atoms with Crippen molar-refractivity contribution in [3.05, 3.63) is 12.7 Å². The summed E-state index contributed by atoms with van der Waals surface area (Å²) in [7, 11) is 0. The monoisotopic (exact) mass is 112 g/mol. The van der Waals surface area contributed by atoms with Gasteiger partial charge in [-0.3, -0.25) is 4.79 Å². The lowest BCUT2D eigenvalue weighted by atomic mass is 10.4. The summed E-state index contributed by atoms with van der Waals surface area (Å²) in [6, 6.07) is 0. The molecular weight excluding hydrogens is 104 g/mol. The van der Waals surface area contributed by atoms with E-state index in [4.69, 9.17) is 0 Å². The van der Waals surface area contributed by atoms with Gasteiger partial charge >= 0.3 is 0 Å². The SMILES string of the molecule is C=CC1CC1OC=O. The molecule has 1 aliphatic carbocycles. The van der Waals surface area contributed by atoms with Gasteiger partial charge in [0.15, 0.2) is 0 Å². The summed E-state index contributed by atoms with van der Waals surface area (Å²) in [5, 5.41) is 0. The van der Waals surface area contributed by atoms with Crippen LogP contribution in [-0.4, -0.2) is 12.6 Å². The standard InChI is InChI=1S/C6H8O2/c1-2-5-3-6(5)8-4-7/h2,4-6H,1,3H2. The number of ether oxygens (including phenoxy) is 1. The van der Waals surface area contributed by atoms with Crippen molar-refractivity contribution >= 4 is 6.47 Å². The second-order valence-corrected chi connectivity index (χ2v) is 1.91. The van der Waals surface area contributed by atoms with Gasteiger partial charge in [-0.2, -0.15) is 0 Å². The lowest BCUT2D eigenvalue weighted by molar-refractivity contribution is -0.130. The maximum atomic E-state index is 9.66. The van der Waals surface area contributed by atoms with Crippen LogP contribution >= 0.6 is 0 Å². The van der Waals surface area contributed by atoms with Crippen LogP contribution in [0.25, 0.3) is 0 Å². The second kappa shape index (κ2) is 1.99. The van der Waals surface area contributed by atoms with Gasteiger partial charge in [-0.05, 0) is 6.42 Å². The number of hydrogen-bond donors (Lipinski definition) is 0. The third kappa shape index (κ3) is 0.886. The van der Waals surface area contributed by atoms with Crippen LogP contribution in [0.1, 0.15) is 6.42 Å². The zero-order valence-electron chi connectivity index (χ0n) is 4.54. The largest absolute Gasteiger partial charge is 0.464 e. The minimum atomic E-state index is 0.144. The molecule has 1 fully saturated rings. The lowest BCUT2D eigenvalue weighted by Crippen LogP contribution is -1.91. The maximum Gasteiger partial charge on any atom is 0.293 e. The summed E-state index contributed by atoms with van der Waals surface area (Å²) in [5.41, 5.74) is 0. The molecule has 2 atom stereocenters. The van der Waals surface area contributed by atoms with Gasteiger partial charge in [-0.25, -0.2) is 0 Å². The molecule has 0 saturated heterocycles. The highest BCUT2D eigenvalue weighted by atomic mass is 16.5. The fourth-order valence-corrected chi connectivity index (χ4v) is 0.666. The third-order valence-electron chi connectivity index (χ3n) is 1.31. The predicted molar refractivity (Wildman–Crippen MR) is 29.2 cm³/mol. The summed E-state index contributed by atoms with van der Waals surface area (Å²) < 4.78 is 4.60. The van der Waals surface area contributed by atoms with Gasteiger partial charge in [-0.15, -0.1) is 6.58 Å². The van der Waals surface area contributed by atoms with Gasteiger partial charge in [0.25, 0.3) is 6.47 Å².